The Bertz CT molecular complexity index is 1920. The Labute approximate surface area is 253 Å². The number of aromatic nitrogens is 5. The number of likely N-dealkylation sites (N-methyl/N-ethyl adjacent to an activating group) is 1. The number of rotatable bonds is 9. The molecule has 2 N–H and O–H groups in total. The smallest absolute Gasteiger partial charge is 0.248 e. The number of ether oxygens (including phenoxy) is 3. The largest absolute Gasteiger partial charge is 0.494 e. The second-order valence-electron chi connectivity index (χ2n) is 11.1. The molecule has 2 aromatic carbocycles. The number of piperidine rings is 1. The third-order valence-corrected chi connectivity index (χ3v) is 8.39. The van der Waals surface area contributed by atoms with E-state index in [1.54, 1.807) is 37.1 Å². The molecule has 0 bridgehead atoms. The highest BCUT2D eigenvalue weighted by Gasteiger charge is 2.49. The van der Waals surface area contributed by atoms with Gasteiger partial charge in [-0.1, -0.05) is 6.08 Å². The van der Waals surface area contributed by atoms with Crippen molar-refractivity contribution in [2.45, 2.75) is 31.8 Å². The van der Waals surface area contributed by atoms with Gasteiger partial charge in [0.05, 0.1) is 31.1 Å². The van der Waals surface area contributed by atoms with Crippen molar-refractivity contribution in [3.8, 4) is 23.0 Å². The maximum Gasteiger partial charge on any atom is 0.248 e. The maximum absolute atomic E-state index is 12.9. The summed E-state index contributed by atoms with van der Waals surface area (Å²) in [5.41, 5.74) is 3.42. The van der Waals surface area contributed by atoms with Gasteiger partial charge in [0.1, 0.15) is 41.5 Å². The van der Waals surface area contributed by atoms with E-state index in [0.717, 1.165) is 17.9 Å². The van der Waals surface area contributed by atoms with Crippen LogP contribution in [0.25, 0.3) is 16.6 Å². The van der Waals surface area contributed by atoms with E-state index in [2.05, 4.69) is 42.6 Å². The van der Waals surface area contributed by atoms with Gasteiger partial charge in [-0.2, -0.15) is 5.10 Å². The SMILES string of the molecule is COc1cc2ncnc(Nc3cc(C)c(Oc4ccn5ncnc5c4)cc3OC)c2cc1NC(=O)/C=C/C1CC2CC2N1C. The van der Waals surface area contributed by atoms with Gasteiger partial charge in [-0.3, -0.25) is 9.69 Å². The lowest BCUT2D eigenvalue weighted by Crippen LogP contribution is -2.27. The van der Waals surface area contributed by atoms with Crippen LogP contribution in [0, 0.1) is 12.8 Å². The van der Waals surface area contributed by atoms with Gasteiger partial charge in [-0.05, 0) is 56.5 Å². The van der Waals surface area contributed by atoms with Crippen molar-refractivity contribution in [3.05, 3.63) is 73.0 Å². The van der Waals surface area contributed by atoms with Crippen LogP contribution in [-0.2, 0) is 4.79 Å². The standard InChI is InChI=1S/C32H32N8O4/c1-18-9-24(29(43-4)15-27(18)44-21-7-8-40-30(12-21)34-17-36-40)38-32-22-13-25(28(42-3)14-23(22)33-16-35-32)37-31(41)6-5-20-10-19-11-26(19)39(20)2/h5-9,12-17,19-20,26H,10-11H2,1-4H3,(H,37,41)(H,33,35,38)/b6-5+. The number of amides is 1. The quantitative estimate of drug-likeness (QED) is 0.223. The number of hydrogen-bond acceptors (Lipinski definition) is 10. The molecule has 1 saturated carbocycles. The summed E-state index contributed by atoms with van der Waals surface area (Å²) >= 11 is 0. The van der Waals surface area contributed by atoms with E-state index in [-0.39, 0.29) is 5.91 Å². The molecule has 3 aromatic heterocycles. The van der Waals surface area contributed by atoms with Crippen LogP contribution in [0.3, 0.4) is 0 Å². The van der Waals surface area contributed by atoms with E-state index < -0.39 is 0 Å². The topological polar surface area (TPSA) is 128 Å². The minimum atomic E-state index is -0.223. The lowest BCUT2D eigenvalue weighted by Gasteiger charge is -2.19. The molecule has 1 amide bonds. The summed E-state index contributed by atoms with van der Waals surface area (Å²) in [5, 5.41) is 11.2. The van der Waals surface area contributed by atoms with Crippen molar-refractivity contribution >= 4 is 39.6 Å². The molecule has 3 unspecified atom stereocenters. The first-order valence-corrected chi connectivity index (χ1v) is 14.4. The van der Waals surface area contributed by atoms with Gasteiger partial charge in [0.2, 0.25) is 5.91 Å². The number of nitrogens with one attached hydrogen (secondary N) is 2. The van der Waals surface area contributed by atoms with Crippen LogP contribution in [0.15, 0.2) is 67.4 Å². The molecule has 3 atom stereocenters. The molecule has 1 aliphatic carbocycles. The molecule has 1 aliphatic heterocycles. The molecular formula is C32H32N8O4. The zero-order valence-electron chi connectivity index (χ0n) is 24.8. The Morgan fingerprint density at radius 2 is 1.82 bits per heavy atom. The first-order valence-electron chi connectivity index (χ1n) is 14.4. The number of fused-ring (bicyclic) bond motifs is 3. The van der Waals surface area contributed by atoms with Crippen LogP contribution >= 0.6 is 0 Å². The van der Waals surface area contributed by atoms with Crippen molar-refractivity contribution in [1.29, 1.82) is 0 Å². The Hall–Kier alpha value is -5.23. The number of pyridine rings is 1. The molecule has 44 heavy (non-hydrogen) atoms. The van der Waals surface area contributed by atoms with Crippen LogP contribution in [0.5, 0.6) is 23.0 Å². The molecular weight excluding hydrogens is 560 g/mol. The van der Waals surface area contributed by atoms with Crippen LogP contribution in [0.1, 0.15) is 18.4 Å². The lowest BCUT2D eigenvalue weighted by molar-refractivity contribution is -0.112. The third-order valence-electron chi connectivity index (χ3n) is 8.39. The minimum absolute atomic E-state index is 0.223. The third kappa shape index (κ3) is 5.24. The van der Waals surface area contributed by atoms with E-state index in [0.29, 0.717) is 68.8 Å². The number of likely N-dealkylation sites (tertiary alicyclic amines) is 1. The molecule has 5 aromatic rings. The fourth-order valence-electron chi connectivity index (χ4n) is 5.90. The Balaban J connectivity index is 1.14. The predicted molar refractivity (Wildman–Crippen MR) is 166 cm³/mol. The van der Waals surface area contributed by atoms with Crippen LogP contribution in [-0.4, -0.2) is 68.7 Å². The molecule has 2 aliphatic rings. The van der Waals surface area contributed by atoms with Crippen LogP contribution in [0.4, 0.5) is 17.2 Å². The molecule has 0 spiro atoms. The molecule has 7 rings (SSSR count). The molecule has 1 saturated heterocycles. The highest BCUT2D eigenvalue weighted by molar-refractivity contribution is 6.03. The summed E-state index contributed by atoms with van der Waals surface area (Å²) in [4.78, 5) is 28.4. The first kappa shape index (κ1) is 27.6. The van der Waals surface area contributed by atoms with Gasteiger partial charge >= 0.3 is 0 Å². The highest BCUT2D eigenvalue weighted by Crippen LogP contribution is 2.47. The number of benzene rings is 2. The Morgan fingerprint density at radius 3 is 2.61 bits per heavy atom. The van der Waals surface area contributed by atoms with E-state index >= 15 is 0 Å². The predicted octanol–water partition coefficient (Wildman–Crippen LogP) is 5.12. The average Bonchev–Trinajstić information content (AvgIpc) is 3.52. The zero-order chi connectivity index (χ0) is 30.4. The normalized spacial score (nSPS) is 19.3. The summed E-state index contributed by atoms with van der Waals surface area (Å²) in [7, 11) is 5.29. The fraction of sp³-hybridized carbons (Fsp3) is 0.281. The molecule has 2 fully saturated rings. The van der Waals surface area contributed by atoms with Gasteiger partial charge in [-0.15, -0.1) is 0 Å². The molecule has 4 heterocycles. The molecule has 224 valence electrons. The molecule has 0 radical (unpaired) electrons. The average molecular weight is 593 g/mol. The molecule has 12 nitrogen and oxygen atoms in total. The summed E-state index contributed by atoms with van der Waals surface area (Å²) in [6, 6.07) is 11.9. The van der Waals surface area contributed by atoms with Crippen LogP contribution in [0.2, 0.25) is 0 Å². The van der Waals surface area contributed by atoms with E-state index in [4.69, 9.17) is 14.2 Å². The number of aryl methyl sites for hydroxylation is 1. The van der Waals surface area contributed by atoms with Gasteiger partial charge in [0, 0.05) is 47.9 Å². The summed E-state index contributed by atoms with van der Waals surface area (Å²) < 4.78 is 19.1. The van der Waals surface area contributed by atoms with Crippen LogP contribution < -0.4 is 24.8 Å². The molecule has 12 heteroatoms. The van der Waals surface area contributed by atoms with Crippen molar-refractivity contribution in [2.24, 2.45) is 5.92 Å². The highest BCUT2D eigenvalue weighted by atomic mass is 16.5. The second-order valence-corrected chi connectivity index (χ2v) is 11.1. The Kier molecular flexibility index (Phi) is 6.97. The van der Waals surface area contributed by atoms with Crippen molar-refractivity contribution < 1.29 is 19.0 Å². The zero-order valence-corrected chi connectivity index (χ0v) is 24.8. The maximum atomic E-state index is 12.9. The van der Waals surface area contributed by atoms with Gasteiger partial charge in [0.25, 0.3) is 0 Å². The number of carbonyl (C=O) groups is 1. The van der Waals surface area contributed by atoms with Gasteiger partial charge in [-0.25, -0.2) is 19.5 Å². The number of carbonyl (C=O) groups excluding carboxylic acids is 1. The first-order chi connectivity index (χ1) is 21.4. The summed E-state index contributed by atoms with van der Waals surface area (Å²) in [5.74, 6) is 3.41. The van der Waals surface area contributed by atoms with E-state index in [1.165, 1.54) is 19.1 Å². The van der Waals surface area contributed by atoms with Gasteiger partial charge < -0.3 is 24.8 Å². The minimum Gasteiger partial charge on any atom is -0.494 e. The van der Waals surface area contributed by atoms with Gasteiger partial charge in [0.15, 0.2) is 5.65 Å². The van der Waals surface area contributed by atoms with E-state index in [9.17, 15) is 4.79 Å². The van der Waals surface area contributed by atoms with Crippen molar-refractivity contribution in [2.75, 3.05) is 31.9 Å². The Morgan fingerprint density at radius 1 is 0.977 bits per heavy atom. The summed E-state index contributed by atoms with van der Waals surface area (Å²) in [6.07, 6.45) is 10.7. The van der Waals surface area contributed by atoms with E-state index in [1.807, 2.05) is 43.3 Å². The number of anilines is 3. The monoisotopic (exact) mass is 592 g/mol. The lowest BCUT2D eigenvalue weighted by atomic mass is 10.1. The van der Waals surface area contributed by atoms with Crippen molar-refractivity contribution in [1.82, 2.24) is 29.5 Å². The number of methoxy groups -OCH3 is 2. The number of hydrogen-bond donors (Lipinski definition) is 2. The van der Waals surface area contributed by atoms with Crippen molar-refractivity contribution in [3.63, 3.8) is 0 Å². The second kappa shape index (κ2) is 11.1. The number of nitrogens with zero attached hydrogens (tertiary/aromatic N) is 6. The summed E-state index contributed by atoms with van der Waals surface area (Å²) in [6.45, 7) is 1.95. The fourth-order valence-corrected chi connectivity index (χ4v) is 5.90.